The van der Waals surface area contributed by atoms with Crippen LogP contribution in [0.25, 0.3) is 0 Å². The second-order valence-corrected chi connectivity index (χ2v) is 0. The van der Waals surface area contributed by atoms with E-state index in [1.54, 1.807) is 0 Å². The predicted molar refractivity (Wildman–Crippen MR) is 26.8 cm³/mol. The summed E-state index contributed by atoms with van der Waals surface area (Å²) in [5, 5.41) is 0. The molecule has 0 saturated heterocycles. The fraction of sp³-hybridized carbons (Fsp3) is 0. The van der Waals surface area contributed by atoms with Crippen molar-refractivity contribution in [3.05, 3.63) is 0 Å². The van der Waals surface area contributed by atoms with Crippen LogP contribution in [0.15, 0.2) is 0 Å². The Bertz CT molecular complexity index is 11.6. The number of hydrogen-bond donors (Lipinski definition) is 0. The van der Waals surface area contributed by atoms with Crippen LogP contribution in [-0.2, 0) is 36.4 Å². The Morgan fingerprint density at radius 2 is 1.20 bits per heavy atom. The van der Waals surface area contributed by atoms with Gasteiger partial charge in [0.15, 0.2) is 0 Å². The van der Waals surface area contributed by atoms with Crippen LogP contribution in [-0.4, -0.2) is 77.6 Å². The average Bonchev–Trinajstić information content (AvgIpc) is 1.00. The van der Waals surface area contributed by atoms with Gasteiger partial charge in [-0.25, -0.2) is 0 Å². The van der Waals surface area contributed by atoms with Gasteiger partial charge in [0.25, 0.3) is 0 Å². The first-order chi connectivity index (χ1) is 1.00. The summed E-state index contributed by atoms with van der Waals surface area (Å²) in [5.74, 6) is 0. The summed E-state index contributed by atoms with van der Waals surface area (Å²) < 4.78 is 0. The van der Waals surface area contributed by atoms with Crippen LogP contribution in [0, 0.1) is 0 Å². The van der Waals surface area contributed by atoms with Crippen molar-refractivity contribution in [3.63, 3.8) is 0 Å². The van der Waals surface area contributed by atoms with E-state index < -0.39 is 0 Å². The van der Waals surface area contributed by atoms with E-state index in [1.807, 2.05) is 19.3 Å². The molecular formula is H6BiFeKMoP. The minimum absolute atomic E-state index is 0. The van der Waals surface area contributed by atoms with Crippen molar-refractivity contribution in [3.8, 4) is 0 Å². The third-order valence-corrected chi connectivity index (χ3v) is 0. The first kappa shape index (κ1) is 22.9. The van der Waals surface area contributed by atoms with Crippen LogP contribution in [0.2, 0.25) is 0 Å². The van der Waals surface area contributed by atoms with Crippen LogP contribution >= 0.6 is 7.33 Å². The zero-order valence-corrected chi connectivity index (χ0v) is 11.8. The van der Waals surface area contributed by atoms with Gasteiger partial charge >= 0.3 is 104 Å². The Morgan fingerprint density at radius 1 is 1.20 bits per heavy atom. The average molecular weight is 437 g/mol. The molecule has 0 aromatic heterocycles. The van der Waals surface area contributed by atoms with Crippen molar-refractivity contribution in [2.45, 2.75) is 0 Å². The van der Waals surface area contributed by atoms with Gasteiger partial charge in [0.05, 0.1) is 0 Å². The van der Waals surface area contributed by atoms with Crippen LogP contribution in [0.4, 0.5) is 0 Å². The SMILES string of the molecule is [BiH3].[Fe].[KH].[PH2][Mo]. The molecule has 5 heteroatoms. The molecule has 0 spiro atoms. The molecule has 0 amide bonds. The van der Waals surface area contributed by atoms with Gasteiger partial charge in [-0.15, -0.1) is 0 Å². The summed E-state index contributed by atoms with van der Waals surface area (Å²) in [4.78, 5) is 0. The Hall–Kier alpha value is 4.16. The third-order valence-electron chi connectivity index (χ3n) is 0. The summed E-state index contributed by atoms with van der Waals surface area (Å²) in [6.07, 6.45) is 0. The second kappa shape index (κ2) is 24.2. The molecule has 0 bridgehead atoms. The molecule has 0 fully saturated rings. The van der Waals surface area contributed by atoms with Crippen LogP contribution in [0.1, 0.15) is 0 Å². The summed E-state index contributed by atoms with van der Waals surface area (Å²) in [7, 11) is 2.43. The molecule has 0 aliphatic carbocycles. The van der Waals surface area contributed by atoms with E-state index in [0.29, 0.717) is 0 Å². The first-order valence-electron chi connectivity index (χ1n) is 0.236. The van der Waals surface area contributed by atoms with Gasteiger partial charge in [0.1, 0.15) is 0 Å². The van der Waals surface area contributed by atoms with E-state index in [1.165, 1.54) is 0 Å². The molecule has 0 radical (unpaired) electrons. The van der Waals surface area contributed by atoms with E-state index >= 15 is 0 Å². The van der Waals surface area contributed by atoms with Crippen LogP contribution < -0.4 is 0 Å². The third kappa shape index (κ3) is 17.9. The van der Waals surface area contributed by atoms with Crippen molar-refractivity contribution >= 4 is 84.9 Å². The van der Waals surface area contributed by atoms with Crippen molar-refractivity contribution < 1.29 is 36.4 Å². The molecule has 0 N–H and O–H groups in total. The van der Waals surface area contributed by atoms with E-state index in [-0.39, 0.29) is 94.7 Å². The summed E-state index contributed by atoms with van der Waals surface area (Å²) >= 11 is 1.87. The minimum atomic E-state index is 0. The van der Waals surface area contributed by atoms with Gasteiger partial charge in [-0.2, -0.15) is 0 Å². The van der Waals surface area contributed by atoms with Crippen molar-refractivity contribution in [1.82, 2.24) is 0 Å². The molecular weight excluding hydrogens is 431 g/mol. The zero-order chi connectivity index (χ0) is 2.00. The monoisotopic (exact) mass is 439 g/mol. The molecule has 0 aliphatic rings. The van der Waals surface area contributed by atoms with Crippen LogP contribution in [0.5, 0.6) is 0 Å². The van der Waals surface area contributed by atoms with Crippen molar-refractivity contribution in [1.29, 1.82) is 0 Å². The number of hydrogen-bond acceptors (Lipinski definition) is 0. The topological polar surface area (TPSA) is 0 Å². The zero-order valence-electron chi connectivity index (χ0n) is 2.05. The molecule has 1 unspecified atom stereocenters. The molecule has 31 valence electrons. The van der Waals surface area contributed by atoms with E-state index in [4.69, 9.17) is 0 Å². The maximum absolute atomic E-state index is 2.43. The fourth-order valence-electron chi connectivity index (χ4n) is 0. The summed E-state index contributed by atoms with van der Waals surface area (Å²) in [6.45, 7) is 0. The molecule has 0 aromatic rings. The van der Waals surface area contributed by atoms with E-state index in [2.05, 4.69) is 7.33 Å². The van der Waals surface area contributed by atoms with Gasteiger partial charge in [0.2, 0.25) is 0 Å². The summed E-state index contributed by atoms with van der Waals surface area (Å²) in [5.41, 5.74) is 0. The maximum atomic E-state index is 2.43. The quantitative estimate of drug-likeness (QED) is 0.320. The molecule has 0 saturated carbocycles. The standard InChI is InChI=1S/Bi.Fe.K.Mo.H2P.4H/h;;;;1H2;;;;/q;;;+1;-1;;;;. The van der Waals surface area contributed by atoms with E-state index in [0.717, 1.165) is 0 Å². The van der Waals surface area contributed by atoms with Gasteiger partial charge in [0, 0.05) is 17.1 Å². The molecule has 0 rings (SSSR count). The Kier molecular flexibility index (Phi) is 111. The molecule has 0 aromatic carbocycles. The Balaban J connectivity index is -0.00000000167. The van der Waals surface area contributed by atoms with Crippen molar-refractivity contribution in [2.75, 3.05) is 0 Å². The molecule has 0 heterocycles. The molecule has 0 nitrogen and oxygen atoms in total. The summed E-state index contributed by atoms with van der Waals surface area (Å²) in [6, 6.07) is 0. The molecule has 0 aliphatic heterocycles. The normalized spacial score (nSPS) is 1.00. The molecule has 1 atom stereocenters. The van der Waals surface area contributed by atoms with Crippen molar-refractivity contribution in [2.24, 2.45) is 0 Å². The van der Waals surface area contributed by atoms with Gasteiger partial charge < -0.3 is 0 Å². The van der Waals surface area contributed by atoms with Gasteiger partial charge in [-0.05, 0) is 0 Å². The fourth-order valence-corrected chi connectivity index (χ4v) is 0. The molecule has 5 heavy (non-hydrogen) atoms. The predicted octanol–water partition coefficient (Wildman–Crippen LogP) is -1.51. The second-order valence-electron chi connectivity index (χ2n) is 0. The Labute approximate surface area is 118 Å². The van der Waals surface area contributed by atoms with Crippen LogP contribution in [0.3, 0.4) is 0 Å². The number of rotatable bonds is 0. The van der Waals surface area contributed by atoms with Gasteiger partial charge in [-0.3, -0.25) is 0 Å². The van der Waals surface area contributed by atoms with E-state index in [9.17, 15) is 0 Å². The Morgan fingerprint density at radius 3 is 1.20 bits per heavy atom. The first-order valence-corrected chi connectivity index (χ1v) is 4.18. The van der Waals surface area contributed by atoms with Gasteiger partial charge in [-0.1, -0.05) is 0 Å².